The highest BCUT2D eigenvalue weighted by Crippen LogP contribution is 2.18. The molecule has 0 saturated carbocycles. The Morgan fingerprint density at radius 3 is 2.59 bits per heavy atom. The molecule has 0 saturated heterocycles. The Hall–Kier alpha value is -2.85. The molecule has 0 aliphatic heterocycles. The number of hydrogen-bond acceptors (Lipinski definition) is 6. The summed E-state index contributed by atoms with van der Waals surface area (Å²) in [6.45, 7) is 0.322. The number of anilines is 1. The molecule has 1 aromatic heterocycles. The van der Waals surface area contributed by atoms with Crippen molar-refractivity contribution in [3.63, 3.8) is 0 Å². The number of carbonyl (C=O) groups excluding carboxylic acids is 2. The van der Waals surface area contributed by atoms with Crippen LogP contribution in [-0.2, 0) is 17.1 Å². The number of amides is 2. The second-order valence-corrected chi connectivity index (χ2v) is 7.91. The maximum atomic E-state index is 13.2. The van der Waals surface area contributed by atoms with Crippen LogP contribution in [0.2, 0.25) is 0 Å². The first-order chi connectivity index (χ1) is 14.0. The molecule has 0 fully saturated rings. The number of benzene rings is 2. The fourth-order valence-corrected chi connectivity index (χ4v) is 3.88. The van der Waals surface area contributed by atoms with Crippen LogP contribution in [0.25, 0.3) is 0 Å². The molecule has 0 bridgehead atoms. The predicted molar refractivity (Wildman–Crippen MR) is 109 cm³/mol. The third-order valence-electron chi connectivity index (χ3n) is 3.61. The van der Waals surface area contributed by atoms with Crippen molar-refractivity contribution in [1.29, 1.82) is 0 Å². The summed E-state index contributed by atoms with van der Waals surface area (Å²) in [6.07, 6.45) is 0. The Morgan fingerprint density at radius 1 is 1.03 bits per heavy atom. The van der Waals surface area contributed by atoms with Crippen LogP contribution in [0, 0.1) is 11.6 Å². The summed E-state index contributed by atoms with van der Waals surface area (Å²) in [5.41, 5.74) is 1.14. The lowest BCUT2D eigenvalue weighted by atomic mass is 10.2. The normalized spacial score (nSPS) is 10.6. The SMILES string of the molecule is O=C(CSCc1nnc(C(=O)Nc2cccc(F)c2)s1)NCc1ccc(F)cc1. The van der Waals surface area contributed by atoms with Gasteiger partial charge in [0.25, 0.3) is 5.91 Å². The van der Waals surface area contributed by atoms with E-state index < -0.39 is 11.7 Å². The van der Waals surface area contributed by atoms with E-state index in [9.17, 15) is 18.4 Å². The van der Waals surface area contributed by atoms with Crippen LogP contribution in [0.15, 0.2) is 48.5 Å². The van der Waals surface area contributed by atoms with E-state index in [0.29, 0.717) is 23.0 Å². The van der Waals surface area contributed by atoms with Crippen LogP contribution >= 0.6 is 23.1 Å². The Balaban J connectivity index is 1.41. The molecule has 1 heterocycles. The van der Waals surface area contributed by atoms with Gasteiger partial charge in [-0.1, -0.05) is 29.5 Å². The molecule has 0 atom stereocenters. The van der Waals surface area contributed by atoms with Gasteiger partial charge in [0.15, 0.2) is 0 Å². The molecule has 0 unspecified atom stereocenters. The van der Waals surface area contributed by atoms with Crippen molar-refractivity contribution in [2.45, 2.75) is 12.3 Å². The average molecular weight is 434 g/mol. The lowest BCUT2D eigenvalue weighted by Crippen LogP contribution is -2.24. The van der Waals surface area contributed by atoms with Gasteiger partial charge in [-0.15, -0.1) is 22.0 Å². The number of rotatable bonds is 8. The topological polar surface area (TPSA) is 84.0 Å². The van der Waals surface area contributed by atoms with Gasteiger partial charge >= 0.3 is 0 Å². The number of carbonyl (C=O) groups is 2. The van der Waals surface area contributed by atoms with Crippen molar-refractivity contribution in [2.75, 3.05) is 11.1 Å². The quantitative estimate of drug-likeness (QED) is 0.566. The second kappa shape index (κ2) is 10.1. The molecular formula is C19H16F2N4O2S2. The summed E-state index contributed by atoms with van der Waals surface area (Å²) < 4.78 is 26.0. The Morgan fingerprint density at radius 2 is 1.83 bits per heavy atom. The molecule has 2 N–H and O–H groups in total. The number of nitrogens with one attached hydrogen (secondary N) is 2. The molecule has 3 rings (SSSR count). The van der Waals surface area contributed by atoms with Crippen molar-refractivity contribution in [1.82, 2.24) is 15.5 Å². The van der Waals surface area contributed by atoms with E-state index in [2.05, 4.69) is 20.8 Å². The second-order valence-electron chi connectivity index (χ2n) is 5.86. The van der Waals surface area contributed by atoms with Crippen LogP contribution < -0.4 is 10.6 Å². The van der Waals surface area contributed by atoms with E-state index in [1.807, 2.05) is 0 Å². The number of thioether (sulfide) groups is 1. The molecule has 6 nitrogen and oxygen atoms in total. The molecule has 10 heteroatoms. The van der Waals surface area contributed by atoms with Gasteiger partial charge in [-0.25, -0.2) is 8.78 Å². The highest BCUT2D eigenvalue weighted by Gasteiger charge is 2.14. The van der Waals surface area contributed by atoms with Gasteiger partial charge in [0.05, 0.1) is 5.75 Å². The summed E-state index contributed by atoms with van der Waals surface area (Å²) in [6, 6.07) is 11.5. The van der Waals surface area contributed by atoms with Crippen molar-refractivity contribution in [2.24, 2.45) is 0 Å². The Bertz CT molecular complexity index is 996. The first-order valence-corrected chi connectivity index (χ1v) is 10.4. The molecule has 0 radical (unpaired) electrons. The molecule has 0 spiro atoms. The Kier molecular flexibility index (Phi) is 7.25. The van der Waals surface area contributed by atoms with E-state index in [1.165, 1.54) is 42.1 Å². The van der Waals surface area contributed by atoms with Crippen LogP contribution in [0.3, 0.4) is 0 Å². The minimum absolute atomic E-state index is 0.158. The van der Waals surface area contributed by atoms with Crippen molar-refractivity contribution >= 4 is 40.6 Å². The zero-order valence-electron chi connectivity index (χ0n) is 15.0. The maximum Gasteiger partial charge on any atom is 0.286 e. The number of aromatic nitrogens is 2. The largest absolute Gasteiger partial charge is 0.351 e. The standard InChI is InChI=1S/C19H16F2N4O2S2/c20-13-6-4-12(5-7-13)9-22-16(26)10-28-11-17-24-25-19(29-17)18(27)23-15-3-1-2-14(21)8-15/h1-8H,9-11H2,(H,22,26)(H,23,27). The molecule has 3 aromatic rings. The van der Waals surface area contributed by atoms with Gasteiger partial charge in [-0.2, -0.15) is 0 Å². The van der Waals surface area contributed by atoms with Gasteiger partial charge in [0, 0.05) is 18.0 Å². The predicted octanol–water partition coefficient (Wildman–Crippen LogP) is 3.62. The van der Waals surface area contributed by atoms with Gasteiger partial charge < -0.3 is 10.6 Å². The maximum absolute atomic E-state index is 13.2. The zero-order chi connectivity index (χ0) is 20.6. The smallest absolute Gasteiger partial charge is 0.286 e. The van der Waals surface area contributed by atoms with Gasteiger partial charge in [0.1, 0.15) is 16.6 Å². The van der Waals surface area contributed by atoms with Gasteiger partial charge in [0.2, 0.25) is 10.9 Å². The van der Waals surface area contributed by atoms with Crippen LogP contribution in [0.4, 0.5) is 14.5 Å². The molecule has 29 heavy (non-hydrogen) atoms. The summed E-state index contributed by atoms with van der Waals surface area (Å²) in [7, 11) is 0. The molecular weight excluding hydrogens is 418 g/mol. The zero-order valence-corrected chi connectivity index (χ0v) is 16.7. The highest BCUT2D eigenvalue weighted by molar-refractivity contribution is 7.99. The highest BCUT2D eigenvalue weighted by atomic mass is 32.2. The van der Waals surface area contributed by atoms with Gasteiger partial charge in [-0.3, -0.25) is 9.59 Å². The van der Waals surface area contributed by atoms with E-state index in [1.54, 1.807) is 18.2 Å². The van der Waals surface area contributed by atoms with Crippen molar-refractivity contribution < 1.29 is 18.4 Å². The van der Waals surface area contributed by atoms with Crippen LogP contribution in [-0.4, -0.2) is 27.8 Å². The van der Waals surface area contributed by atoms with Crippen molar-refractivity contribution in [3.05, 3.63) is 75.7 Å². The van der Waals surface area contributed by atoms with E-state index in [-0.39, 0.29) is 22.5 Å². The monoisotopic (exact) mass is 434 g/mol. The van der Waals surface area contributed by atoms with E-state index in [0.717, 1.165) is 16.9 Å². The molecule has 2 amide bonds. The minimum Gasteiger partial charge on any atom is -0.351 e. The third-order valence-corrected chi connectivity index (χ3v) is 5.65. The van der Waals surface area contributed by atoms with Gasteiger partial charge in [-0.05, 0) is 35.9 Å². The lowest BCUT2D eigenvalue weighted by molar-refractivity contribution is -0.118. The van der Waals surface area contributed by atoms with E-state index in [4.69, 9.17) is 0 Å². The molecule has 150 valence electrons. The fraction of sp³-hybridized carbons (Fsp3) is 0.158. The lowest BCUT2D eigenvalue weighted by Gasteiger charge is -2.04. The third kappa shape index (κ3) is 6.61. The molecule has 0 aliphatic carbocycles. The number of nitrogens with zero attached hydrogens (tertiary/aromatic N) is 2. The van der Waals surface area contributed by atoms with Crippen LogP contribution in [0.1, 0.15) is 20.4 Å². The Labute approximate surface area is 173 Å². The summed E-state index contributed by atoms with van der Waals surface area (Å²) in [4.78, 5) is 24.0. The fourth-order valence-electron chi connectivity index (χ4n) is 2.24. The van der Waals surface area contributed by atoms with E-state index >= 15 is 0 Å². The van der Waals surface area contributed by atoms with Crippen LogP contribution in [0.5, 0.6) is 0 Å². The first-order valence-electron chi connectivity index (χ1n) is 8.48. The summed E-state index contributed by atoms with van der Waals surface area (Å²) in [5.74, 6) is -0.763. The first kappa shape index (κ1) is 20.9. The average Bonchev–Trinajstić information content (AvgIpc) is 3.17. The van der Waals surface area contributed by atoms with Crippen molar-refractivity contribution in [3.8, 4) is 0 Å². The minimum atomic E-state index is -0.471. The summed E-state index contributed by atoms with van der Waals surface area (Å²) >= 11 is 2.45. The molecule has 2 aromatic carbocycles. The molecule has 0 aliphatic rings. The summed E-state index contributed by atoms with van der Waals surface area (Å²) in [5, 5.41) is 13.8. The number of halogens is 2. The number of hydrogen-bond donors (Lipinski definition) is 2.